The fourth-order valence-corrected chi connectivity index (χ4v) is 0.512. The standard InChI is InChI=1S/C5H8N4O2/c6-4-9(8-11)3-1-2-5(7)10/h1-3H2,(H2,7,10). The summed E-state index contributed by atoms with van der Waals surface area (Å²) in [5.41, 5.74) is 4.81. The van der Waals surface area contributed by atoms with Crippen LogP contribution in [-0.4, -0.2) is 17.5 Å². The smallest absolute Gasteiger partial charge is 0.217 e. The van der Waals surface area contributed by atoms with Crippen molar-refractivity contribution < 1.29 is 4.79 Å². The fraction of sp³-hybridized carbons (Fsp3) is 0.600. The van der Waals surface area contributed by atoms with Gasteiger partial charge in [0.1, 0.15) is 0 Å². The molecule has 0 heterocycles. The maximum absolute atomic E-state index is 10.2. The van der Waals surface area contributed by atoms with E-state index in [1.165, 1.54) is 6.19 Å². The van der Waals surface area contributed by atoms with E-state index >= 15 is 0 Å². The molecule has 0 saturated heterocycles. The molecule has 2 N–H and O–H groups in total. The highest BCUT2D eigenvalue weighted by Crippen LogP contribution is 1.92. The summed E-state index contributed by atoms with van der Waals surface area (Å²) in [5, 5.41) is 11.2. The molecule has 6 heteroatoms. The number of primary amides is 1. The van der Waals surface area contributed by atoms with Crippen molar-refractivity contribution in [2.75, 3.05) is 6.54 Å². The van der Waals surface area contributed by atoms with Crippen LogP contribution in [0.3, 0.4) is 0 Å². The van der Waals surface area contributed by atoms with Crippen molar-refractivity contribution >= 4 is 5.91 Å². The Hall–Kier alpha value is -1.64. The number of nitrogens with two attached hydrogens (primary N) is 1. The summed E-state index contributed by atoms with van der Waals surface area (Å²) in [6.45, 7) is 0.142. The Labute approximate surface area is 63.5 Å². The highest BCUT2D eigenvalue weighted by Gasteiger charge is 2.00. The van der Waals surface area contributed by atoms with Crippen LogP contribution in [-0.2, 0) is 4.79 Å². The average Bonchev–Trinajstić information content (AvgIpc) is 1.98. The Morgan fingerprint density at radius 1 is 1.73 bits per heavy atom. The second-order valence-corrected chi connectivity index (χ2v) is 1.87. The number of carbonyl (C=O) groups is 1. The van der Waals surface area contributed by atoms with Crippen LogP contribution in [0.15, 0.2) is 5.29 Å². The molecular weight excluding hydrogens is 148 g/mol. The molecule has 0 fully saturated rings. The van der Waals surface area contributed by atoms with Crippen LogP contribution in [0.5, 0.6) is 0 Å². The highest BCUT2D eigenvalue weighted by molar-refractivity contribution is 5.73. The normalized spacial score (nSPS) is 8.27. The lowest BCUT2D eigenvalue weighted by atomic mass is 10.3. The molecule has 0 radical (unpaired) electrons. The molecule has 0 aliphatic carbocycles. The summed E-state index contributed by atoms with van der Waals surface area (Å²) in [4.78, 5) is 19.9. The molecule has 1 amide bonds. The zero-order valence-electron chi connectivity index (χ0n) is 5.86. The van der Waals surface area contributed by atoms with Gasteiger partial charge in [-0.05, 0) is 6.42 Å². The molecule has 0 saturated carbocycles. The minimum atomic E-state index is -0.450. The molecule has 0 atom stereocenters. The van der Waals surface area contributed by atoms with E-state index in [2.05, 4.69) is 5.29 Å². The number of nitriles is 1. The first-order valence-electron chi connectivity index (χ1n) is 2.99. The molecule has 60 valence electrons. The summed E-state index contributed by atoms with van der Waals surface area (Å²) in [5.74, 6) is -0.450. The van der Waals surface area contributed by atoms with Crippen LogP contribution >= 0.6 is 0 Å². The largest absolute Gasteiger partial charge is 0.370 e. The van der Waals surface area contributed by atoms with Crippen molar-refractivity contribution in [1.82, 2.24) is 5.01 Å². The van der Waals surface area contributed by atoms with Crippen molar-refractivity contribution in [3.05, 3.63) is 4.91 Å². The van der Waals surface area contributed by atoms with Crippen LogP contribution in [0, 0.1) is 16.4 Å². The maximum atomic E-state index is 10.2. The molecule has 0 aromatic carbocycles. The quantitative estimate of drug-likeness (QED) is 0.256. The third-order valence-electron chi connectivity index (χ3n) is 1.01. The first-order valence-corrected chi connectivity index (χ1v) is 2.99. The van der Waals surface area contributed by atoms with Crippen molar-refractivity contribution in [3.8, 4) is 6.19 Å². The van der Waals surface area contributed by atoms with Crippen LogP contribution in [0.1, 0.15) is 12.8 Å². The van der Waals surface area contributed by atoms with E-state index in [1.807, 2.05) is 0 Å². The Kier molecular flexibility index (Phi) is 4.40. The molecule has 0 aromatic rings. The van der Waals surface area contributed by atoms with Gasteiger partial charge in [-0.2, -0.15) is 10.3 Å². The summed E-state index contributed by atoms with van der Waals surface area (Å²) in [6.07, 6.45) is 2.06. The topological polar surface area (TPSA) is 99.6 Å². The van der Waals surface area contributed by atoms with Gasteiger partial charge < -0.3 is 5.73 Å². The zero-order valence-corrected chi connectivity index (χ0v) is 5.86. The third kappa shape index (κ3) is 4.84. The second-order valence-electron chi connectivity index (χ2n) is 1.87. The molecule has 0 unspecified atom stereocenters. The second kappa shape index (κ2) is 5.17. The molecule has 6 nitrogen and oxygen atoms in total. The SMILES string of the molecule is N#CN(CCCC(N)=O)N=O. The molecule has 0 aliphatic heterocycles. The molecular formula is C5H8N4O2. The van der Waals surface area contributed by atoms with Crippen LogP contribution in [0.4, 0.5) is 0 Å². The number of nitrogens with zero attached hydrogens (tertiary/aromatic N) is 3. The summed E-state index contributed by atoms with van der Waals surface area (Å²) in [6, 6.07) is 0. The molecule has 0 rings (SSSR count). The molecule has 11 heavy (non-hydrogen) atoms. The number of amides is 1. The van der Waals surface area contributed by atoms with Crippen molar-refractivity contribution in [2.24, 2.45) is 11.0 Å². The van der Waals surface area contributed by atoms with E-state index in [0.29, 0.717) is 11.4 Å². The Bertz CT molecular complexity index is 185. The van der Waals surface area contributed by atoms with E-state index in [0.717, 1.165) is 0 Å². The lowest BCUT2D eigenvalue weighted by Gasteiger charge is -2.01. The minimum Gasteiger partial charge on any atom is -0.370 e. The van der Waals surface area contributed by atoms with Crippen LogP contribution in [0.2, 0.25) is 0 Å². The van der Waals surface area contributed by atoms with E-state index in [1.54, 1.807) is 0 Å². The first-order chi connectivity index (χ1) is 5.20. The monoisotopic (exact) mass is 156 g/mol. The van der Waals surface area contributed by atoms with Gasteiger partial charge in [0.2, 0.25) is 12.1 Å². The Morgan fingerprint density at radius 2 is 2.36 bits per heavy atom. The zero-order chi connectivity index (χ0) is 8.69. The number of rotatable bonds is 5. The van der Waals surface area contributed by atoms with Gasteiger partial charge in [0.15, 0.2) is 0 Å². The van der Waals surface area contributed by atoms with Crippen molar-refractivity contribution in [2.45, 2.75) is 12.8 Å². The van der Waals surface area contributed by atoms with Gasteiger partial charge in [0, 0.05) is 6.42 Å². The van der Waals surface area contributed by atoms with Crippen LogP contribution < -0.4 is 5.73 Å². The molecule has 0 aliphatic rings. The molecule has 0 spiro atoms. The number of carbonyl (C=O) groups excluding carboxylic acids is 1. The minimum absolute atomic E-state index is 0.142. The lowest BCUT2D eigenvalue weighted by molar-refractivity contribution is -0.118. The first kappa shape index (κ1) is 9.36. The van der Waals surface area contributed by atoms with Crippen molar-refractivity contribution in [1.29, 1.82) is 5.26 Å². The summed E-state index contributed by atoms with van der Waals surface area (Å²) >= 11 is 0. The Morgan fingerprint density at radius 3 is 2.73 bits per heavy atom. The molecule has 0 aromatic heterocycles. The van der Waals surface area contributed by atoms with Gasteiger partial charge in [0.05, 0.1) is 11.8 Å². The maximum Gasteiger partial charge on any atom is 0.217 e. The summed E-state index contributed by atoms with van der Waals surface area (Å²) in [7, 11) is 0. The third-order valence-corrected chi connectivity index (χ3v) is 1.01. The van der Waals surface area contributed by atoms with Gasteiger partial charge in [-0.3, -0.25) is 4.79 Å². The van der Waals surface area contributed by atoms with E-state index < -0.39 is 5.91 Å². The lowest BCUT2D eigenvalue weighted by Crippen LogP contribution is -2.15. The van der Waals surface area contributed by atoms with Gasteiger partial charge in [0.25, 0.3) is 0 Å². The average molecular weight is 156 g/mol. The van der Waals surface area contributed by atoms with E-state index in [9.17, 15) is 9.70 Å². The summed E-state index contributed by atoms with van der Waals surface area (Å²) < 4.78 is 0. The Balaban J connectivity index is 3.45. The van der Waals surface area contributed by atoms with Gasteiger partial charge in [-0.1, -0.05) is 0 Å². The van der Waals surface area contributed by atoms with E-state index in [-0.39, 0.29) is 13.0 Å². The van der Waals surface area contributed by atoms with Gasteiger partial charge in [-0.15, -0.1) is 4.91 Å². The number of hydrogen-bond acceptors (Lipinski definition) is 4. The van der Waals surface area contributed by atoms with Gasteiger partial charge in [-0.25, -0.2) is 0 Å². The van der Waals surface area contributed by atoms with Gasteiger partial charge >= 0.3 is 0 Å². The fourth-order valence-electron chi connectivity index (χ4n) is 0.512. The van der Waals surface area contributed by atoms with E-state index in [4.69, 9.17) is 11.0 Å². The van der Waals surface area contributed by atoms with Crippen molar-refractivity contribution in [3.63, 3.8) is 0 Å². The molecule has 0 bridgehead atoms. The number of nitroso groups, excluding NO2 is 1. The highest BCUT2D eigenvalue weighted by atomic mass is 16.3. The predicted molar refractivity (Wildman–Crippen MR) is 36.5 cm³/mol. The predicted octanol–water partition coefficient (Wildman–Crippen LogP) is -0.284. The van der Waals surface area contributed by atoms with Crippen LogP contribution in [0.25, 0.3) is 0 Å². The number of hydrogen-bond donors (Lipinski definition) is 1.